The zero-order valence-corrected chi connectivity index (χ0v) is 13.8. The largest absolute Gasteiger partial charge is 0.325 e. The maximum absolute atomic E-state index is 13.0. The van der Waals surface area contributed by atoms with E-state index in [9.17, 15) is 9.18 Å². The number of hydrogen-bond donors (Lipinski definition) is 1. The lowest BCUT2D eigenvalue weighted by Crippen LogP contribution is -2.14. The quantitative estimate of drug-likeness (QED) is 0.705. The lowest BCUT2D eigenvalue weighted by molar-refractivity contribution is -0.113. The maximum Gasteiger partial charge on any atom is 0.234 e. The summed E-state index contributed by atoms with van der Waals surface area (Å²) in [4.78, 5) is 12.0. The van der Waals surface area contributed by atoms with Crippen LogP contribution in [-0.2, 0) is 4.79 Å². The molecule has 0 aliphatic heterocycles. The molecule has 9 heteroatoms. The van der Waals surface area contributed by atoms with E-state index in [1.54, 1.807) is 36.4 Å². The fourth-order valence-corrected chi connectivity index (χ4v) is 2.79. The summed E-state index contributed by atoms with van der Waals surface area (Å²) in [6.07, 6.45) is 0. The molecule has 2 aromatic carbocycles. The Kier molecular flexibility index (Phi) is 5.07. The fourth-order valence-electron chi connectivity index (χ4n) is 1.91. The molecule has 0 saturated carbocycles. The molecular formula is C15H11ClFN5OS. The van der Waals surface area contributed by atoms with Crippen molar-refractivity contribution in [3.05, 3.63) is 59.4 Å². The lowest BCUT2D eigenvalue weighted by atomic mass is 10.3. The van der Waals surface area contributed by atoms with Crippen LogP contribution in [0, 0.1) is 5.82 Å². The predicted molar refractivity (Wildman–Crippen MR) is 89.9 cm³/mol. The van der Waals surface area contributed by atoms with E-state index >= 15 is 0 Å². The molecule has 0 radical (unpaired) electrons. The monoisotopic (exact) mass is 363 g/mol. The summed E-state index contributed by atoms with van der Waals surface area (Å²) in [6.45, 7) is 0. The molecule has 24 heavy (non-hydrogen) atoms. The number of hydrogen-bond acceptors (Lipinski definition) is 5. The number of benzene rings is 2. The number of amides is 1. The number of carbonyl (C=O) groups is 1. The van der Waals surface area contributed by atoms with Crippen molar-refractivity contribution in [3.63, 3.8) is 0 Å². The first kappa shape index (κ1) is 16.4. The third kappa shape index (κ3) is 4.09. The highest BCUT2D eigenvalue weighted by Crippen LogP contribution is 2.19. The van der Waals surface area contributed by atoms with Crippen molar-refractivity contribution in [2.24, 2.45) is 0 Å². The smallest absolute Gasteiger partial charge is 0.234 e. The number of anilines is 1. The first-order chi connectivity index (χ1) is 11.6. The number of halogens is 2. The van der Waals surface area contributed by atoms with E-state index in [1.165, 1.54) is 28.6 Å². The van der Waals surface area contributed by atoms with Gasteiger partial charge in [0.25, 0.3) is 0 Å². The van der Waals surface area contributed by atoms with E-state index in [0.29, 0.717) is 21.6 Å². The van der Waals surface area contributed by atoms with Gasteiger partial charge in [-0.25, -0.2) is 4.39 Å². The molecule has 0 spiro atoms. The first-order valence-corrected chi connectivity index (χ1v) is 8.21. The molecule has 3 rings (SSSR count). The van der Waals surface area contributed by atoms with Crippen LogP contribution in [0.15, 0.2) is 53.7 Å². The van der Waals surface area contributed by atoms with Gasteiger partial charge in [-0.1, -0.05) is 29.4 Å². The van der Waals surface area contributed by atoms with E-state index in [0.717, 1.165) is 0 Å². The molecule has 1 aromatic heterocycles. The molecule has 1 N–H and O–H groups in total. The minimum absolute atomic E-state index is 0.119. The summed E-state index contributed by atoms with van der Waals surface area (Å²) in [6, 6.07) is 12.6. The highest BCUT2D eigenvalue weighted by molar-refractivity contribution is 7.99. The Labute approximate surface area is 146 Å². The topological polar surface area (TPSA) is 72.7 Å². The van der Waals surface area contributed by atoms with Gasteiger partial charge in [-0.3, -0.25) is 4.79 Å². The molecule has 0 unspecified atom stereocenters. The minimum Gasteiger partial charge on any atom is -0.325 e. The molecule has 0 bridgehead atoms. The molecule has 6 nitrogen and oxygen atoms in total. The third-order valence-corrected chi connectivity index (χ3v) is 4.11. The van der Waals surface area contributed by atoms with Gasteiger partial charge >= 0.3 is 0 Å². The molecule has 122 valence electrons. The standard InChI is InChI=1S/C15H11ClFN5OS/c16-10-2-1-3-12(8-10)18-14(23)9-24-15-19-20-21-22(15)13-6-4-11(17)5-7-13/h1-8H,9H2,(H,18,23). The molecule has 0 saturated heterocycles. The van der Waals surface area contributed by atoms with E-state index in [1.807, 2.05) is 0 Å². The Balaban J connectivity index is 1.64. The van der Waals surface area contributed by atoms with Crippen LogP contribution in [0.3, 0.4) is 0 Å². The highest BCUT2D eigenvalue weighted by atomic mass is 35.5. The summed E-state index contributed by atoms with van der Waals surface area (Å²) in [7, 11) is 0. The van der Waals surface area contributed by atoms with Crippen molar-refractivity contribution < 1.29 is 9.18 Å². The van der Waals surface area contributed by atoms with Gasteiger partial charge < -0.3 is 5.32 Å². The molecule has 1 amide bonds. The average Bonchev–Trinajstić information content (AvgIpc) is 3.02. The average molecular weight is 364 g/mol. The fraction of sp³-hybridized carbons (Fsp3) is 0.0667. The maximum atomic E-state index is 13.0. The number of rotatable bonds is 5. The number of tetrazole rings is 1. The zero-order valence-electron chi connectivity index (χ0n) is 12.2. The first-order valence-electron chi connectivity index (χ1n) is 6.84. The SMILES string of the molecule is O=C(CSc1nnnn1-c1ccc(F)cc1)Nc1cccc(Cl)c1. The van der Waals surface area contributed by atoms with Crippen molar-refractivity contribution in [2.75, 3.05) is 11.1 Å². The molecule has 3 aromatic rings. The van der Waals surface area contributed by atoms with Crippen LogP contribution in [0.25, 0.3) is 5.69 Å². The Bertz CT molecular complexity index is 855. The van der Waals surface area contributed by atoms with Gasteiger partial charge in [-0.15, -0.1) is 5.10 Å². The number of aromatic nitrogens is 4. The zero-order chi connectivity index (χ0) is 16.9. The van der Waals surface area contributed by atoms with Gasteiger partial charge in [0.05, 0.1) is 11.4 Å². The van der Waals surface area contributed by atoms with E-state index in [2.05, 4.69) is 20.8 Å². The van der Waals surface area contributed by atoms with Gasteiger partial charge in [-0.2, -0.15) is 4.68 Å². The van der Waals surface area contributed by atoms with Gasteiger partial charge in [0, 0.05) is 10.7 Å². The summed E-state index contributed by atoms with van der Waals surface area (Å²) in [5.74, 6) is -0.438. The molecule has 0 fully saturated rings. The van der Waals surface area contributed by atoms with Crippen LogP contribution in [0.2, 0.25) is 5.02 Å². The van der Waals surface area contributed by atoms with Crippen molar-refractivity contribution in [1.29, 1.82) is 0 Å². The summed E-state index contributed by atoms with van der Waals surface area (Å²) >= 11 is 7.05. The Morgan fingerprint density at radius 1 is 1.25 bits per heavy atom. The minimum atomic E-state index is -0.345. The molecular weight excluding hydrogens is 353 g/mol. The predicted octanol–water partition coefficient (Wildman–Crippen LogP) is 3.19. The van der Waals surface area contributed by atoms with E-state index in [4.69, 9.17) is 11.6 Å². The summed E-state index contributed by atoms with van der Waals surface area (Å²) < 4.78 is 14.4. The lowest BCUT2D eigenvalue weighted by Gasteiger charge is -2.06. The van der Waals surface area contributed by atoms with Crippen LogP contribution < -0.4 is 5.32 Å². The molecule has 0 aliphatic carbocycles. The number of nitrogens with zero attached hydrogens (tertiary/aromatic N) is 4. The van der Waals surface area contributed by atoms with Crippen LogP contribution in [0.5, 0.6) is 0 Å². The summed E-state index contributed by atoms with van der Waals surface area (Å²) in [5, 5.41) is 15.0. The second-order valence-corrected chi connectivity index (χ2v) is 6.08. The second-order valence-electron chi connectivity index (χ2n) is 4.70. The van der Waals surface area contributed by atoms with Crippen molar-refractivity contribution in [3.8, 4) is 5.69 Å². The van der Waals surface area contributed by atoms with Crippen LogP contribution in [0.4, 0.5) is 10.1 Å². The van der Waals surface area contributed by atoms with Crippen LogP contribution >= 0.6 is 23.4 Å². The van der Waals surface area contributed by atoms with E-state index < -0.39 is 0 Å². The third-order valence-electron chi connectivity index (χ3n) is 2.95. The Morgan fingerprint density at radius 2 is 2.04 bits per heavy atom. The highest BCUT2D eigenvalue weighted by Gasteiger charge is 2.12. The van der Waals surface area contributed by atoms with Gasteiger partial charge in [0.2, 0.25) is 11.1 Å². The van der Waals surface area contributed by atoms with Crippen molar-refractivity contribution in [1.82, 2.24) is 20.2 Å². The Hall–Kier alpha value is -2.45. The van der Waals surface area contributed by atoms with E-state index in [-0.39, 0.29) is 17.5 Å². The van der Waals surface area contributed by atoms with Gasteiger partial charge in [0.1, 0.15) is 5.82 Å². The normalized spacial score (nSPS) is 10.6. The van der Waals surface area contributed by atoms with Crippen molar-refractivity contribution >= 4 is 35.0 Å². The number of thioether (sulfide) groups is 1. The van der Waals surface area contributed by atoms with Gasteiger partial charge in [-0.05, 0) is 52.9 Å². The van der Waals surface area contributed by atoms with Crippen LogP contribution in [0.1, 0.15) is 0 Å². The Morgan fingerprint density at radius 3 is 2.79 bits per heavy atom. The van der Waals surface area contributed by atoms with Gasteiger partial charge in [0.15, 0.2) is 0 Å². The number of carbonyl (C=O) groups excluding carboxylic acids is 1. The summed E-state index contributed by atoms with van der Waals surface area (Å²) in [5.41, 5.74) is 1.23. The number of nitrogens with one attached hydrogen (secondary N) is 1. The molecule has 1 heterocycles. The molecule has 0 atom stereocenters. The molecule has 0 aliphatic rings. The second kappa shape index (κ2) is 7.41. The van der Waals surface area contributed by atoms with Crippen molar-refractivity contribution in [2.45, 2.75) is 5.16 Å². The van der Waals surface area contributed by atoms with Crippen LogP contribution in [-0.4, -0.2) is 31.9 Å².